The summed E-state index contributed by atoms with van der Waals surface area (Å²) in [5, 5.41) is 14.0. The topological polar surface area (TPSA) is 85.4 Å². The molecule has 0 spiro atoms. The van der Waals surface area contributed by atoms with Gasteiger partial charge in [-0.05, 0) is 31.2 Å². The number of rotatable bonds is 5. The van der Waals surface area contributed by atoms with E-state index in [0.717, 1.165) is 10.7 Å². The van der Waals surface area contributed by atoms with Crippen molar-refractivity contribution in [3.63, 3.8) is 0 Å². The van der Waals surface area contributed by atoms with E-state index in [4.69, 9.17) is 4.74 Å². The minimum absolute atomic E-state index is 0.0373. The Bertz CT molecular complexity index is 1430. The van der Waals surface area contributed by atoms with Crippen molar-refractivity contribution in [1.29, 1.82) is 0 Å². The molecule has 4 heterocycles. The molecule has 15 heteroatoms. The van der Waals surface area contributed by atoms with Crippen LogP contribution in [0.3, 0.4) is 0 Å². The summed E-state index contributed by atoms with van der Waals surface area (Å²) in [4.78, 5) is 5.68. The first-order chi connectivity index (χ1) is 16.9. The van der Waals surface area contributed by atoms with Gasteiger partial charge in [0.05, 0.1) is 37.0 Å². The number of anilines is 1. The van der Waals surface area contributed by atoms with Gasteiger partial charge in [-0.2, -0.15) is 18.2 Å². The minimum Gasteiger partial charge on any atom is -0.479 e. The largest absolute Gasteiger partial charge is 0.479 e. The maximum atomic E-state index is 15.2. The molecule has 192 valence electrons. The lowest BCUT2D eigenvalue weighted by molar-refractivity contribution is -0.142. The molecule has 36 heavy (non-hydrogen) atoms. The van der Waals surface area contributed by atoms with Crippen molar-refractivity contribution in [2.45, 2.75) is 31.1 Å². The highest BCUT2D eigenvalue weighted by molar-refractivity contribution is 5.89. The van der Waals surface area contributed by atoms with Crippen LogP contribution >= 0.6 is 0 Å². The van der Waals surface area contributed by atoms with Crippen LogP contribution in [0.2, 0.25) is 0 Å². The fourth-order valence-corrected chi connectivity index (χ4v) is 4.35. The zero-order chi connectivity index (χ0) is 25.8. The Hall–Kier alpha value is -3.62. The summed E-state index contributed by atoms with van der Waals surface area (Å²) in [6.45, 7) is -1.36. The lowest BCUT2D eigenvalue weighted by Crippen LogP contribution is -2.53. The van der Waals surface area contributed by atoms with E-state index in [1.807, 2.05) is 0 Å². The number of fused-ring (bicyclic) bond motifs is 2. The average molecular weight is 514 g/mol. The summed E-state index contributed by atoms with van der Waals surface area (Å²) < 4.78 is 90.0. The van der Waals surface area contributed by atoms with Gasteiger partial charge >= 0.3 is 6.18 Å². The zero-order valence-corrected chi connectivity index (χ0v) is 19.0. The maximum Gasteiger partial charge on any atom is 0.408 e. The van der Waals surface area contributed by atoms with Crippen molar-refractivity contribution in [3.8, 4) is 17.0 Å². The van der Waals surface area contributed by atoms with E-state index in [1.165, 1.54) is 30.2 Å². The third kappa shape index (κ3) is 4.38. The van der Waals surface area contributed by atoms with Gasteiger partial charge in [0.25, 0.3) is 5.92 Å². The highest BCUT2D eigenvalue weighted by Crippen LogP contribution is 2.36. The number of nitrogens with one attached hydrogen (secondary N) is 1. The second-order valence-electron chi connectivity index (χ2n) is 8.64. The number of piperidine rings is 1. The van der Waals surface area contributed by atoms with Gasteiger partial charge in [-0.3, -0.25) is 0 Å². The lowest BCUT2D eigenvalue weighted by atomic mass is 10.0. The lowest BCUT2D eigenvalue weighted by Gasteiger charge is -2.36. The number of alkyl halides is 5. The quantitative estimate of drug-likeness (QED) is 0.408. The summed E-state index contributed by atoms with van der Waals surface area (Å²) in [5.74, 6) is -4.10. The van der Waals surface area contributed by atoms with Gasteiger partial charge in [0.15, 0.2) is 5.82 Å². The van der Waals surface area contributed by atoms with Crippen molar-refractivity contribution in [2.24, 2.45) is 0 Å². The number of methoxy groups -OCH3 is 1. The third-order valence-electron chi connectivity index (χ3n) is 5.97. The molecule has 0 radical (unpaired) electrons. The highest BCUT2D eigenvalue weighted by Gasteiger charge is 2.44. The van der Waals surface area contributed by atoms with Crippen LogP contribution < -0.4 is 10.1 Å². The van der Waals surface area contributed by atoms with E-state index in [2.05, 4.69) is 25.7 Å². The Kier molecular flexibility index (Phi) is 5.69. The molecule has 1 N–H and O–H groups in total. The van der Waals surface area contributed by atoms with E-state index in [0.29, 0.717) is 11.2 Å². The van der Waals surface area contributed by atoms with Gasteiger partial charge in [-0.1, -0.05) is 11.3 Å². The Morgan fingerprint density at radius 2 is 2.03 bits per heavy atom. The fraction of sp³-hybridized carbons (Fsp3) is 0.429. The van der Waals surface area contributed by atoms with Crippen LogP contribution in [0.5, 0.6) is 5.88 Å². The number of ether oxygens (including phenoxy) is 1. The monoisotopic (exact) mass is 514 g/mol. The van der Waals surface area contributed by atoms with Crippen molar-refractivity contribution in [2.75, 3.05) is 32.6 Å². The van der Waals surface area contributed by atoms with Crippen LogP contribution in [-0.4, -0.2) is 79.9 Å². The van der Waals surface area contributed by atoms with E-state index < -0.39 is 37.0 Å². The Balaban J connectivity index is 1.56. The van der Waals surface area contributed by atoms with Crippen LogP contribution in [-0.2, 0) is 6.54 Å². The molecule has 1 aliphatic heterocycles. The number of halogens is 6. The molecule has 3 aromatic heterocycles. The normalized spacial score (nSPS) is 18.7. The number of hydrogen-bond donors (Lipinski definition) is 1. The summed E-state index contributed by atoms with van der Waals surface area (Å²) >= 11 is 0. The molecule has 1 aliphatic rings. The first-order valence-electron chi connectivity index (χ1n) is 10.8. The van der Waals surface area contributed by atoms with Crippen LogP contribution in [0.4, 0.5) is 32.3 Å². The number of aromatic nitrogens is 6. The smallest absolute Gasteiger partial charge is 0.408 e. The zero-order valence-electron chi connectivity index (χ0n) is 19.0. The molecule has 1 atom stereocenters. The molecule has 0 bridgehead atoms. The Morgan fingerprint density at radius 1 is 1.25 bits per heavy atom. The summed E-state index contributed by atoms with van der Waals surface area (Å²) in [6, 6.07) is 2.97. The van der Waals surface area contributed by atoms with Crippen LogP contribution in [0.15, 0.2) is 24.4 Å². The summed E-state index contributed by atoms with van der Waals surface area (Å²) in [7, 11) is 2.87. The third-order valence-corrected chi connectivity index (χ3v) is 5.97. The van der Waals surface area contributed by atoms with E-state index in [9.17, 15) is 22.0 Å². The molecule has 1 aromatic carbocycles. The molecule has 5 rings (SSSR count). The van der Waals surface area contributed by atoms with Crippen molar-refractivity contribution >= 4 is 22.5 Å². The molecule has 9 nitrogen and oxygen atoms in total. The van der Waals surface area contributed by atoms with E-state index >= 15 is 4.39 Å². The van der Waals surface area contributed by atoms with Crippen LogP contribution in [0.1, 0.15) is 6.42 Å². The van der Waals surface area contributed by atoms with Gasteiger partial charge < -0.3 is 15.0 Å². The number of benzene rings is 1. The predicted molar refractivity (Wildman–Crippen MR) is 117 cm³/mol. The van der Waals surface area contributed by atoms with Gasteiger partial charge in [0.2, 0.25) is 11.8 Å². The Labute approximate surface area is 199 Å². The second kappa shape index (κ2) is 8.50. The molecule has 0 aliphatic carbocycles. The molecule has 1 saturated heterocycles. The molecule has 4 aromatic rings. The van der Waals surface area contributed by atoms with Gasteiger partial charge in [0, 0.05) is 6.54 Å². The fourth-order valence-electron chi connectivity index (χ4n) is 4.35. The van der Waals surface area contributed by atoms with E-state index in [1.54, 1.807) is 7.05 Å². The Morgan fingerprint density at radius 3 is 2.72 bits per heavy atom. The van der Waals surface area contributed by atoms with Crippen LogP contribution in [0.25, 0.3) is 27.7 Å². The number of hydrogen-bond acceptors (Lipinski definition) is 7. The summed E-state index contributed by atoms with van der Waals surface area (Å²) in [6.07, 6.45) is -3.38. The predicted octanol–water partition coefficient (Wildman–Crippen LogP) is 3.60. The van der Waals surface area contributed by atoms with Gasteiger partial charge in [-0.25, -0.2) is 22.4 Å². The van der Waals surface area contributed by atoms with E-state index in [-0.39, 0.29) is 45.9 Å². The molecule has 0 amide bonds. The first kappa shape index (κ1) is 24.1. The molecule has 1 unspecified atom stereocenters. The van der Waals surface area contributed by atoms with Crippen molar-refractivity contribution in [1.82, 2.24) is 34.5 Å². The minimum atomic E-state index is -4.53. The van der Waals surface area contributed by atoms with Crippen LogP contribution in [0, 0.1) is 5.82 Å². The number of nitrogens with zero attached hydrogens (tertiary/aromatic N) is 7. The van der Waals surface area contributed by atoms with Crippen molar-refractivity contribution in [3.05, 3.63) is 30.2 Å². The maximum absolute atomic E-state index is 15.2. The molecular weight excluding hydrogens is 494 g/mol. The molecular formula is C21H20F6N8O. The van der Waals surface area contributed by atoms with Gasteiger partial charge in [0.1, 0.15) is 17.6 Å². The number of likely N-dealkylation sites (tertiary alicyclic amines) is 1. The SMILES string of the molecule is COc1nc(NC2CCN(C)CC2(F)F)nn2cc(F)c(-c3ccc4nnn(CC(F)(F)F)c4c3)c12. The standard InChI is InChI=1S/C21H20F6N8O/c1-33-6-5-15(20(23,24)9-33)28-19-29-18(36-2)17-16(12(22)8-34(17)31-19)11-3-4-13-14(7-11)35(32-30-13)10-21(25,26)27/h3-4,7-8,15H,5-6,9-10H2,1-2H3,(H,28,31). The molecule has 0 saturated carbocycles. The summed E-state index contributed by atoms with van der Waals surface area (Å²) in [5.41, 5.74) is 0.485. The first-order valence-corrected chi connectivity index (χ1v) is 10.8. The second-order valence-corrected chi connectivity index (χ2v) is 8.64. The average Bonchev–Trinajstić information content (AvgIpc) is 3.33. The van der Waals surface area contributed by atoms with Gasteiger partial charge in [-0.15, -0.1) is 10.2 Å². The highest BCUT2D eigenvalue weighted by atomic mass is 19.4. The van der Waals surface area contributed by atoms with Crippen molar-refractivity contribution < 1.29 is 31.1 Å². The molecule has 1 fully saturated rings.